The minimum atomic E-state index is -0.927. The second-order valence-corrected chi connectivity index (χ2v) is 14.1. The van der Waals surface area contributed by atoms with Gasteiger partial charge in [-0.05, 0) is 85.8 Å². The van der Waals surface area contributed by atoms with Crippen molar-refractivity contribution in [1.82, 2.24) is 9.97 Å². The molecule has 9 heteroatoms. The van der Waals surface area contributed by atoms with E-state index in [2.05, 4.69) is 29.7 Å². The van der Waals surface area contributed by atoms with E-state index >= 15 is 0 Å². The molecule has 0 spiro atoms. The van der Waals surface area contributed by atoms with E-state index in [0.29, 0.717) is 6.61 Å². The van der Waals surface area contributed by atoms with E-state index in [1.54, 1.807) is 7.11 Å². The highest BCUT2D eigenvalue weighted by Gasteiger charge is 2.37. The highest BCUT2D eigenvalue weighted by molar-refractivity contribution is 5.86. The van der Waals surface area contributed by atoms with E-state index in [0.717, 1.165) is 66.4 Å². The predicted octanol–water partition coefficient (Wildman–Crippen LogP) is 6.76. The number of aromatic nitrogens is 2. The summed E-state index contributed by atoms with van der Waals surface area (Å²) in [6, 6.07) is 4.10. The smallest absolute Gasteiger partial charge is 0.340 e. The van der Waals surface area contributed by atoms with Gasteiger partial charge in [0, 0.05) is 56.8 Å². The van der Waals surface area contributed by atoms with Crippen LogP contribution in [0.2, 0.25) is 0 Å². The number of methoxy groups -OCH3 is 1. The van der Waals surface area contributed by atoms with Crippen molar-refractivity contribution in [2.45, 2.75) is 112 Å². The Hall–Kier alpha value is -2.75. The molecule has 2 aromatic heterocycles. The van der Waals surface area contributed by atoms with E-state index in [1.807, 2.05) is 80.9 Å². The molecule has 2 aromatic rings. The average molecular weight is 613 g/mol. The summed E-state index contributed by atoms with van der Waals surface area (Å²) in [5.74, 6) is -0.406. The molecule has 1 aliphatic heterocycles. The fraction of sp³-hybridized carbons (Fsp3) is 0.686. The zero-order chi connectivity index (χ0) is 32.8. The summed E-state index contributed by atoms with van der Waals surface area (Å²) < 4.78 is 23.5. The van der Waals surface area contributed by atoms with E-state index in [1.165, 1.54) is 0 Å². The zero-order valence-corrected chi connectivity index (χ0v) is 29.2. The summed E-state index contributed by atoms with van der Waals surface area (Å²) in [4.78, 5) is 27.9. The molecule has 246 valence electrons. The number of esters is 1. The Bertz CT molecular complexity index is 1210. The number of likely N-dealkylation sites (N-methyl/N-ethyl adjacent to an activating group) is 1. The van der Waals surface area contributed by atoms with Crippen molar-refractivity contribution in [1.29, 1.82) is 0 Å². The van der Waals surface area contributed by atoms with Crippen LogP contribution in [0.3, 0.4) is 0 Å². The minimum absolute atomic E-state index is 0.0137. The van der Waals surface area contributed by atoms with Crippen molar-refractivity contribution in [3.8, 4) is 11.3 Å². The number of rotatable bonds is 13. The Balaban J connectivity index is 2.03. The first-order valence-corrected chi connectivity index (χ1v) is 16.0. The Labute approximate surface area is 265 Å². The van der Waals surface area contributed by atoms with Crippen molar-refractivity contribution in [2.75, 3.05) is 50.2 Å². The molecule has 44 heavy (non-hydrogen) atoms. The average Bonchev–Trinajstić information content (AvgIpc) is 2.94. The van der Waals surface area contributed by atoms with E-state index < -0.39 is 17.7 Å². The molecular weight excluding hydrogens is 556 g/mol. The van der Waals surface area contributed by atoms with Gasteiger partial charge in [0.25, 0.3) is 0 Å². The lowest BCUT2D eigenvalue weighted by molar-refractivity contribution is -0.171. The number of hydrogen-bond acceptors (Lipinski definition) is 9. The Morgan fingerprint density at radius 3 is 2.25 bits per heavy atom. The second kappa shape index (κ2) is 15.0. The largest absolute Gasteiger partial charge is 0.461 e. The van der Waals surface area contributed by atoms with Gasteiger partial charge in [-0.15, -0.1) is 0 Å². The third kappa shape index (κ3) is 9.62. The van der Waals surface area contributed by atoms with Gasteiger partial charge in [0.15, 0.2) is 6.10 Å². The zero-order valence-electron chi connectivity index (χ0n) is 29.2. The Morgan fingerprint density at radius 2 is 1.70 bits per heavy atom. The van der Waals surface area contributed by atoms with Gasteiger partial charge in [0.2, 0.25) is 0 Å². The lowest BCUT2D eigenvalue weighted by Crippen LogP contribution is -2.39. The first kappa shape index (κ1) is 35.7. The van der Waals surface area contributed by atoms with Crippen molar-refractivity contribution in [2.24, 2.45) is 5.41 Å². The van der Waals surface area contributed by atoms with Gasteiger partial charge in [-0.1, -0.05) is 13.8 Å². The maximum atomic E-state index is 13.6. The van der Waals surface area contributed by atoms with Gasteiger partial charge in [-0.2, -0.15) is 0 Å². The van der Waals surface area contributed by atoms with Crippen LogP contribution in [0.5, 0.6) is 0 Å². The van der Waals surface area contributed by atoms with Crippen LogP contribution in [-0.4, -0.2) is 80.2 Å². The van der Waals surface area contributed by atoms with Crippen LogP contribution in [0.25, 0.3) is 11.3 Å². The molecule has 3 rings (SSSR count). The highest BCUT2D eigenvalue weighted by Crippen LogP contribution is 2.43. The van der Waals surface area contributed by atoms with Crippen molar-refractivity contribution in [3.63, 3.8) is 0 Å². The van der Waals surface area contributed by atoms with Gasteiger partial charge >= 0.3 is 5.97 Å². The molecule has 0 aliphatic carbocycles. The molecule has 9 nitrogen and oxygen atoms in total. The molecule has 0 N–H and O–H groups in total. The lowest BCUT2D eigenvalue weighted by Gasteiger charge is -2.41. The fourth-order valence-electron chi connectivity index (χ4n) is 5.26. The van der Waals surface area contributed by atoms with Crippen LogP contribution in [-0.2, 0) is 23.7 Å². The van der Waals surface area contributed by atoms with Crippen LogP contribution in [0.1, 0.15) is 92.5 Å². The summed E-state index contributed by atoms with van der Waals surface area (Å²) in [5, 5.41) is 0. The Kier molecular flexibility index (Phi) is 12.2. The molecule has 3 heterocycles. The number of hydrogen-bond donors (Lipinski definition) is 0. The topological polar surface area (TPSA) is 86.2 Å². The molecular formula is C35H56N4O5. The molecule has 3 atom stereocenters. The first-order valence-electron chi connectivity index (χ1n) is 16.0. The third-order valence-electron chi connectivity index (χ3n) is 8.32. The van der Waals surface area contributed by atoms with Crippen molar-refractivity contribution in [3.05, 3.63) is 35.8 Å². The number of carbonyl (C=O) groups excluding carboxylic acids is 1. The molecule has 1 saturated heterocycles. The fourth-order valence-corrected chi connectivity index (χ4v) is 5.26. The van der Waals surface area contributed by atoms with E-state index in [-0.39, 0.29) is 23.7 Å². The summed E-state index contributed by atoms with van der Waals surface area (Å²) in [6.45, 7) is 23.2. The van der Waals surface area contributed by atoms with Gasteiger partial charge in [-0.3, -0.25) is 9.97 Å². The monoisotopic (exact) mass is 612 g/mol. The quantitative estimate of drug-likeness (QED) is 0.228. The van der Waals surface area contributed by atoms with Gasteiger partial charge in [0.05, 0.1) is 53.8 Å². The van der Waals surface area contributed by atoms with Crippen LogP contribution < -0.4 is 9.80 Å². The van der Waals surface area contributed by atoms with Crippen molar-refractivity contribution < 1.29 is 23.7 Å². The van der Waals surface area contributed by atoms with Gasteiger partial charge in [-0.25, -0.2) is 4.79 Å². The summed E-state index contributed by atoms with van der Waals surface area (Å²) in [6.07, 6.45) is 4.69. The molecule has 1 fully saturated rings. The van der Waals surface area contributed by atoms with Gasteiger partial charge in [0.1, 0.15) is 0 Å². The normalized spacial score (nSPS) is 17.3. The lowest BCUT2D eigenvalue weighted by atomic mass is 9.82. The molecule has 0 radical (unpaired) electrons. The van der Waals surface area contributed by atoms with E-state index in [4.69, 9.17) is 28.9 Å². The molecule has 1 aliphatic rings. The Morgan fingerprint density at radius 1 is 1.05 bits per heavy atom. The number of aryl methyl sites for hydroxylation is 1. The van der Waals surface area contributed by atoms with Gasteiger partial charge < -0.3 is 28.7 Å². The predicted molar refractivity (Wildman–Crippen MR) is 177 cm³/mol. The standard InChI is InChI=1S/C35H56N4O5/c1-23(2)43-33(40)32(44-34(6,7)8)30-24(3)36-22-28(31(30)39-17-15-35(9,10)16-18-39)29-14-13-27(21-37-29)38(11)19-20-42-26(5)25(4)41-12/h13-14,21-23,25-26,32H,15-20H2,1-12H3/t25?,26-,32+/m1/s1. The van der Waals surface area contributed by atoms with Crippen LogP contribution >= 0.6 is 0 Å². The highest BCUT2D eigenvalue weighted by atomic mass is 16.6. The molecule has 0 amide bonds. The molecule has 1 unspecified atom stereocenters. The number of ether oxygens (including phenoxy) is 4. The van der Waals surface area contributed by atoms with E-state index in [9.17, 15) is 4.79 Å². The van der Waals surface area contributed by atoms with Crippen LogP contribution in [0.4, 0.5) is 11.4 Å². The molecule has 0 bridgehead atoms. The van der Waals surface area contributed by atoms with Crippen LogP contribution in [0.15, 0.2) is 24.5 Å². The number of anilines is 2. The maximum absolute atomic E-state index is 13.6. The SMILES string of the molecule is COC(C)[C@@H](C)OCCN(C)c1ccc(-c2cnc(C)c([C@H](OC(C)(C)C)C(=O)OC(C)C)c2N2CCC(C)(C)CC2)nc1. The first-order chi connectivity index (χ1) is 20.5. The number of carbonyl (C=O) groups is 1. The summed E-state index contributed by atoms with van der Waals surface area (Å²) in [5.41, 5.74) is 4.78. The maximum Gasteiger partial charge on any atom is 0.340 e. The van der Waals surface area contributed by atoms with Crippen molar-refractivity contribution >= 4 is 17.3 Å². The second-order valence-electron chi connectivity index (χ2n) is 14.1. The summed E-state index contributed by atoms with van der Waals surface area (Å²) >= 11 is 0. The van der Waals surface area contributed by atoms with Crippen LogP contribution in [0, 0.1) is 12.3 Å². The molecule has 0 saturated carbocycles. The third-order valence-corrected chi connectivity index (χ3v) is 8.32. The number of pyridine rings is 2. The molecule has 0 aromatic carbocycles. The minimum Gasteiger partial charge on any atom is -0.461 e. The number of nitrogens with zero attached hydrogens (tertiary/aromatic N) is 4. The number of piperidine rings is 1. The summed E-state index contributed by atoms with van der Waals surface area (Å²) in [7, 11) is 3.73.